The number of nitrogens with zero attached hydrogens (tertiary/aromatic N) is 1. The maximum absolute atomic E-state index is 2.50. The molecule has 0 fully saturated rings. The molecule has 0 unspecified atom stereocenters. The summed E-state index contributed by atoms with van der Waals surface area (Å²) in [5.74, 6) is 0. The van der Waals surface area contributed by atoms with Crippen molar-refractivity contribution in [3.63, 3.8) is 0 Å². The van der Waals surface area contributed by atoms with Gasteiger partial charge in [-0.05, 0) is 143 Å². The SMILES string of the molecule is CC1(C)c2ccccc2-c2ccc(N(c3ccc(-c4ccccc4)cc3)c3ccc(-c4ccc5c(c4)C4(c6ccccc6-c6ccccc6-5)c5ccccc5-c5ccccc54)cc3)cc21. The Labute approximate surface area is 381 Å². The molecule has 306 valence electrons. The van der Waals surface area contributed by atoms with E-state index < -0.39 is 5.41 Å². The van der Waals surface area contributed by atoms with E-state index in [1.165, 1.54) is 100 Å². The van der Waals surface area contributed by atoms with Crippen LogP contribution in [0.3, 0.4) is 0 Å². The molecule has 65 heavy (non-hydrogen) atoms. The van der Waals surface area contributed by atoms with Crippen molar-refractivity contribution in [1.82, 2.24) is 0 Å². The minimum atomic E-state index is -0.516. The Balaban J connectivity index is 0.977. The van der Waals surface area contributed by atoms with Gasteiger partial charge in [0.1, 0.15) is 0 Å². The number of benzene rings is 10. The van der Waals surface area contributed by atoms with E-state index in [1.54, 1.807) is 0 Å². The molecule has 13 rings (SSSR count). The van der Waals surface area contributed by atoms with Crippen molar-refractivity contribution in [3.05, 3.63) is 270 Å². The fraction of sp³-hybridized carbons (Fsp3) is 0.0625. The second-order valence-electron chi connectivity index (χ2n) is 18.4. The molecule has 0 atom stereocenters. The topological polar surface area (TPSA) is 3.24 Å². The molecule has 0 radical (unpaired) electrons. The molecule has 0 saturated heterocycles. The summed E-state index contributed by atoms with van der Waals surface area (Å²) in [6.07, 6.45) is 0. The van der Waals surface area contributed by atoms with Gasteiger partial charge in [0.05, 0.1) is 5.41 Å². The first-order valence-corrected chi connectivity index (χ1v) is 22.8. The summed E-state index contributed by atoms with van der Waals surface area (Å²) in [6, 6.07) is 88.4. The van der Waals surface area contributed by atoms with E-state index in [9.17, 15) is 0 Å². The van der Waals surface area contributed by atoms with Gasteiger partial charge < -0.3 is 4.90 Å². The van der Waals surface area contributed by atoms with Gasteiger partial charge in [-0.2, -0.15) is 0 Å². The summed E-state index contributed by atoms with van der Waals surface area (Å²) in [4.78, 5) is 2.42. The lowest BCUT2D eigenvalue weighted by molar-refractivity contribution is 0.660. The van der Waals surface area contributed by atoms with Crippen molar-refractivity contribution in [3.8, 4) is 66.8 Å². The fourth-order valence-electron chi connectivity index (χ4n) is 11.7. The first-order valence-electron chi connectivity index (χ1n) is 22.8. The molecule has 0 aliphatic heterocycles. The van der Waals surface area contributed by atoms with E-state index in [4.69, 9.17) is 0 Å². The quantitative estimate of drug-likeness (QED) is 0.167. The molecular weight excluding hydrogens is 783 g/mol. The predicted octanol–water partition coefficient (Wildman–Crippen LogP) is 16.8. The highest BCUT2D eigenvalue weighted by Gasteiger charge is 2.49. The van der Waals surface area contributed by atoms with E-state index in [2.05, 4.69) is 255 Å². The van der Waals surface area contributed by atoms with Crippen LogP contribution in [0.25, 0.3) is 66.8 Å². The molecule has 1 heteroatoms. The second-order valence-corrected chi connectivity index (χ2v) is 18.4. The monoisotopic (exact) mass is 827 g/mol. The van der Waals surface area contributed by atoms with Gasteiger partial charge in [-0.3, -0.25) is 0 Å². The molecule has 0 N–H and O–H groups in total. The van der Waals surface area contributed by atoms with Crippen LogP contribution in [0.15, 0.2) is 237 Å². The van der Waals surface area contributed by atoms with Gasteiger partial charge in [-0.15, -0.1) is 0 Å². The zero-order valence-electron chi connectivity index (χ0n) is 36.5. The highest BCUT2D eigenvalue weighted by molar-refractivity contribution is 5.98. The molecule has 0 aromatic heterocycles. The van der Waals surface area contributed by atoms with Crippen LogP contribution in [-0.2, 0) is 10.8 Å². The average molecular weight is 828 g/mol. The molecule has 0 amide bonds. The summed E-state index contributed by atoms with van der Waals surface area (Å²) in [7, 11) is 0. The first kappa shape index (κ1) is 37.5. The number of rotatable bonds is 5. The Hall–Kier alpha value is -8.00. The predicted molar refractivity (Wildman–Crippen MR) is 271 cm³/mol. The van der Waals surface area contributed by atoms with Gasteiger partial charge in [-0.25, -0.2) is 0 Å². The summed E-state index contributed by atoms with van der Waals surface area (Å²) in [5.41, 5.74) is 26.0. The first-order chi connectivity index (χ1) is 32.0. The van der Waals surface area contributed by atoms with Crippen LogP contribution in [-0.4, -0.2) is 0 Å². The van der Waals surface area contributed by atoms with Crippen LogP contribution >= 0.6 is 0 Å². The Kier molecular flexibility index (Phi) is 8.24. The third-order valence-corrected chi connectivity index (χ3v) is 14.7. The van der Waals surface area contributed by atoms with Crippen molar-refractivity contribution < 1.29 is 0 Å². The summed E-state index contributed by atoms with van der Waals surface area (Å²) < 4.78 is 0. The Bertz CT molecular complexity index is 3460. The molecule has 1 spiro atoms. The van der Waals surface area contributed by atoms with Crippen molar-refractivity contribution in [2.24, 2.45) is 0 Å². The number of anilines is 3. The van der Waals surface area contributed by atoms with Crippen molar-refractivity contribution in [2.75, 3.05) is 4.90 Å². The van der Waals surface area contributed by atoms with Crippen molar-refractivity contribution >= 4 is 17.1 Å². The Morgan fingerprint density at radius 2 is 0.600 bits per heavy atom. The van der Waals surface area contributed by atoms with Crippen LogP contribution in [0.2, 0.25) is 0 Å². The molecule has 1 nitrogen and oxygen atoms in total. The zero-order valence-corrected chi connectivity index (χ0v) is 36.5. The molecule has 0 bridgehead atoms. The van der Waals surface area contributed by atoms with Crippen LogP contribution < -0.4 is 4.90 Å². The molecule has 3 aliphatic rings. The maximum atomic E-state index is 2.50. The number of hydrogen-bond acceptors (Lipinski definition) is 1. The highest BCUT2D eigenvalue weighted by atomic mass is 15.1. The van der Waals surface area contributed by atoms with Crippen molar-refractivity contribution in [1.29, 1.82) is 0 Å². The van der Waals surface area contributed by atoms with Gasteiger partial charge in [-0.1, -0.05) is 208 Å². The van der Waals surface area contributed by atoms with E-state index in [0.717, 1.165) is 17.1 Å². The smallest absolute Gasteiger partial charge is 0.0725 e. The third-order valence-electron chi connectivity index (χ3n) is 14.7. The summed E-state index contributed by atoms with van der Waals surface area (Å²) in [6.45, 7) is 4.72. The highest BCUT2D eigenvalue weighted by Crippen LogP contribution is 2.62. The lowest BCUT2D eigenvalue weighted by atomic mass is 9.65. The second kappa shape index (κ2) is 14.3. The molecule has 10 aromatic rings. The minimum Gasteiger partial charge on any atom is -0.310 e. The van der Waals surface area contributed by atoms with Gasteiger partial charge >= 0.3 is 0 Å². The van der Waals surface area contributed by atoms with Gasteiger partial charge in [0.15, 0.2) is 0 Å². The van der Waals surface area contributed by atoms with E-state index in [1.807, 2.05) is 0 Å². The molecule has 0 heterocycles. The molecular formula is C64H45N. The summed E-state index contributed by atoms with van der Waals surface area (Å²) in [5, 5.41) is 0. The minimum absolute atomic E-state index is 0.112. The largest absolute Gasteiger partial charge is 0.310 e. The third kappa shape index (κ3) is 5.46. The van der Waals surface area contributed by atoms with Crippen LogP contribution in [0, 0.1) is 0 Å². The fourth-order valence-corrected chi connectivity index (χ4v) is 11.7. The molecule has 10 aromatic carbocycles. The standard InChI is InChI=1S/C64H45N/c1-63(2)57-24-12-8-21-52(57)56-39-37-48(41-61(56)63)65(46-33-28-43(29-34-46)42-16-4-3-5-17-42)47-35-30-44(31-36-47)45-32-38-55-50-19-7-6-18-49(50)51-20-9-13-25-58(51)64(62(55)40-45)59-26-14-10-22-53(59)54-23-11-15-27-60(54)64/h3-41H,1-2H3. The lowest BCUT2D eigenvalue weighted by Crippen LogP contribution is -2.29. The molecule has 3 aliphatic carbocycles. The summed E-state index contributed by atoms with van der Waals surface area (Å²) >= 11 is 0. The van der Waals surface area contributed by atoms with Crippen molar-refractivity contribution in [2.45, 2.75) is 24.7 Å². The van der Waals surface area contributed by atoms with Gasteiger partial charge in [0.2, 0.25) is 0 Å². The number of fused-ring (bicyclic) bond motifs is 15. The van der Waals surface area contributed by atoms with Crippen LogP contribution in [0.5, 0.6) is 0 Å². The van der Waals surface area contributed by atoms with E-state index in [0.29, 0.717) is 0 Å². The zero-order chi connectivity index (χ0) is 43.3. The van der Waals surface area contributed by atoms with E-state index in [-0.39, 0.29) is 5.41 Å². The number of hydrogen-bond donors (Lipinski definition) is 0. The van der Waals surface area contributed by atoms with Gasteiger partial charge in [0.25, 0.3) is 0 Å². The normalized spacial score (nSPS) is 13.9. The van der Waals surface area contributed by atoms with Crippen LogP contribution in [0.1, 0.15) is 47.2 Å². The van der Waals surface area contributed by atoms with Crippen LogP contribution in [0.4, 0.5) is 17.1 Å². The Morgan fingerprint density at radius 3 is 1.15 bits per heavy atom. The Morgan fingerprint density at radius 1 is 0.246 bits per heavy atom. The lowest BCUT2D eigenvalue weighted by Gasteiger charge is -2.35. The average Bonchev–Trinajstić information content (AvgIpc) is 3.75. The van der Waals surface area contributed by atoms with E-state index >= 15 is 0 Å². The molecule has 0 saturated carbocycles. The maximum Gasteiger partial charge on any atom is 0.0725 e. The van der Waals surface area contributed by atoms with Gasteiger partial charge in [0, 0.05) is 22.5 Å².